The lowest BCUT2D eigenvalue weighted by atomic mass is 11.2. The molecular formula is C2Br3F. The maximum atomic E-state index is 11.5. The van der Waals surface area contributed by atoms with Gasteiger partial charge < -0.3 is 0 Å². The van der Waals surface area contributed by atoms with E-state index >= 15 is 0 Å². The van der Waals surface area contributed by atoms with Crippen LogP contribution in [0.5, 0.6) is 0 Å². The molecule has 0 saturated carbocycles. The largest absolute Gasteiger partial charge is 0.197 e. The van der Waals surface area contributed by atoms with Gasteiger partial charge in [-0.3, -0.25) is 0 Å². The summed E-state index contributed by atoms with van der Waals surface area (Å²) in [6, 6.07) is 0. The quantitative estimate of drug-likeness (QED) is 0.640. The third-order valence-corrected chi connectivity index (χ3v) is 2.30. The van der Waals surface area contributed by atoms with Gasteiger partial charge in [-0.2, -0.15) is 4.39 Å². The van der Waals surface area contributed by atoms with Crippen molar-refractivity contribution in [3.8, 4) is 0 Å². The van der Waals surface area contributed by atoms with Crippen molar-refractivity contribution in [2.45, 2.75) is 0 Å². The first-order chi connectivity index (χ1) is 2.64. The molecule has 0 aliphatic rings. The molecule has 0 atom stereocenters. The fourth-order valence-corrected chi connectivity index (χ4v) is 0. The van der Waals surface area contributed by atoms with Gasteiger partial charge in [0.05, 0.1) is 0 Å². The van der Waals surface area contributed by atoms with Crippen molar-refractivity contribution in [1.82, 2.24) is 0 Å². The molecule has 0 aromatic heterocycles. The zero-order valence-corrected chi connectivity index (χ0v) is 7.27. The molecular weight excluding hydrogens is 283 g/mol. The molecule has 0 aliphatic heterocycles. The Morgan fingerprint density at radius 3 is 1.33 bits per heavy atom. The van der Waals surface area contributed by atoms with Crippen LogP contribution in [0, 0.1) is 0 Å². The molecule has 36 valence electrons. The molecule has 0 amide bonds. The minimum absolute atomic E-state index is 0.301. The van der Waals surface area contributed by atoms with Gasteiger partial charge >= 0.3 is 0 Å². The van der Waals surface area contributed by atoms with E-state index in [1.165, 1.54) is 0 Å². The second kappa shape index (κ2) is 3.16. The topological polar surface area (TPSA) is 0 Å². The molecule has 0 aromatic rings. The normalized spacial score (nSPS) is 8.00. The number of rotatable bonds is 0. The lowest BCUT2D eigenvalue weighted by molar-refractivity contribution is 0.707. The van der Waals surface area contributed by atoms with E-state index in [4.69, 9.17) is 0 Å². The number of hydrogen-bond donors (Lipinski definition) is 0. The SMILES string of the molecule is FC(Br)=C(Br)Br. The van der Waals surface area contributed by atoms with E-state index in [1.54, 1.807) is 0 Å². The maximum absolute atomic E-state index is 11.5. The molecule has 0 unspecified atom stereocenters. The molecule has 0 aliphatic carbocycles. The summed E-state index contributed by atoms with van der Waals surface area (Å²) in [5, 5.41) is 0. The van der Waals surface area contributed by atoms with Crippen molar-refractivity contribution in [3.63, 3.8) is 0 Å². The first kappa shape index (κ1) is 7.11. The van der Waals surface area contributed by atoms with E-state index in [0.717, 1.165) is 0 Å². The minimum Gasteiger partial charge on any atom is -0.197 e. The summed E-state index contributed by atoms with van der Waals surface area (Å²) in [5.41, 5.74) is 0. The van der Waals surface area contributed by atoms with Crippen LogP contribution in [0.15, 0.2) is 8.13 Å². The molecule has 0 heterocycles. The van der Waals surface area contributed by atoms with Crippen LogP contribution in [0.4, 0.5) is 4.39 Å². The predicted molar refractivity (Wildman–Crippen MR) is 34.9 cm³/mol. The summed E-state index contributed by atoms with van der Waals surface area (Å²) in [7, 11) is 0. The van der Waals surface area contributed by atoms with Crippen LogP contribution in [0.25, 0.3) is 0 Å². The third-order valence-electron chi connectivity index (χ3n) is 0.143. The average Bonchev–Trinajstić information content (AvgIpc) is 1.36. The fourth-order valence-electron chi connectivity index (χ4n) is 0. The minimum atomic E-state index is -0.428. The van der Waals surface area contributed by atoms with Crippen molar-refractivity contribution in [1.29, 1.82) is 0 Å². The summed E-state index contributed by atoms with van der Waals surface area (Å²) < 4.78 is 11.4. The highest BCUT2D eigenvalue weighted by atomic mass is 79.9. The highest BCUT2D eigenvalue weighted by molar-refractivity contribution is 9.29. The first-order valence-electron chi connectivity index (χ1n) is 1.01. The smallest absolute Gasteiger partial charge is 0.186 e. The summed E-state index contributed by atoms with van der Waals surface area (Å²) >= 11 is 8.18. The molecule has 0 aromatic carbocycles. The second-order valence-electron chi connectivity index (χ2n) is 0.521. The van der Waals surface area contributed by atoms with E-state index in [-0.39, 0.29) is 0 Å². The monoisotopic (exact) mass is 280 g/mol. The van der Waals surface area contributed by atoms with E-state index in [2.05, 4.69) is 47.8 Å². The molecule has 0 rings (SSSR count). The Morgan fingerprint density at radius 1 is 1.17 bits per heavy atom. The molecule has 0 N–H and O–H groups in total. The fraction of sp³-hybridized carbons (Fsp3) is 0. The highest BCUT2D eigenvalue weighted by Gasteiger charge is 1.88. The maximum Gasteiger partial charge on any atom is 0.186 e. The Labute approximate surface area is 60.2 Å². The molecule has 0 bridgehead atoms. The van der Waals surface area contributed by atoms with Crippen LogP contribution < -0.4 is 0 Å². The van der Waals surface area contributed by atoms with Gasteiger partial charge in [0.1, 0.15) is 3.39 Å². The molecule has 6 heavy (non-hydrogen) atoms. The zero-order valence-electron chi connectivity index (χ0n) is 2.51. The van der Waals surface area contributed by atoms with Crippen molar-refractivity contribution in [3.05, 3.63) is 8.13 Å². The van der Waals surface area contributed by atoms with Crippen molar-refractivity contribution in [2.75, 3.05) is 0 Å². The summed E-state index contributed by atoms with van der Waals surface area (Å²) in [6.45, 7) is 0. The lowest BCUT2D eigenvalue weighted by Crippen LogP contribution is -1.47. The molecule has 0 radical (unpaired) electrons. The van der Waals surface area contributed by atoms with E-state index < -0.39 is 4.74 Å². The van der Waals surface area contributed by atoms with Gasteiger partial charge in [-0.1, -0.05) is 0 Å². The Balaban J connectivity index is 3.68. The zero-order chi connectivity index (χ0) is 5.15. The average molecular weight is 283 g/mol. The van der Waals surface area contributed by atoms with Gasteiger partial charge in [0.15, 0.2) is 4.74 Å². The van der Waals surface area contributed by atoms with Crippen LogP contribution in [-0.4, -0.2) is 0 Å². The van der Waals surface area contributed by atoms with Crippen molar-refractivity contribution < 1.29 is 4.39 Å². The van der Waals surface area contributed by atoms with Gasteiger partial charge in [-0.05, 0) is 47.8 Å². The van der Waals surface area contributed by atoms with Gasteiger partial charge in [0.25, 0.3) is 0 Å². The van der Waals surface area contributed by atoms with Gasteiger partial charge in [-0.25, -0.2) is 0 Å². The van der Waals surface area contributed by atoms with Crippen LogP contribution in [0.2, 0.25) is 0 Å². The second-order valence-corrected chi connectivity index (χ2v) is 3.87. The molecule has 0 saturated heterocycles. The van der Waals surface area contributed by atoms with Crippen LogP contribution in [0.3, 0.4) is 0 Å². The number of halogens is 4. The summed E-state index contributed by atoms with van der Waals surface area (Å²) in [4.78, 5) is 0. The van der Waals surface area contributed by atoms with Crippen molar-refractivity contribution >= 4 is 47.8 Å². The Hall–Kier alpha value is 1.11. The number of hydrogen-bond acceptors (Lipinski definition) is 0. The van der Waals surface area contributed by atoms with E-state index in [9.17, 15) is 4.39 Å². The molecule has 4 heteroatoms. The van der Waals surface area contributed by atoms with Gasteiger partial charge in [0, 0.05) is 0 Å². The van der Waals surface area contributed by atoms with Crippen LogP contribution in [0.1, 0.15) is 0 Å². The predicted octanol–water partition coefficient (Wildman–Crippen LogP) is 3.27. The summed E-state index contributed by atoms with van der Waals surface area (Å²) in [5.74, 6) is 0. The Morgan fingerprint density at radius 2 is 1.33 bits per heavy atom. The molecule has 0 spiro atoms. The van der Waals surface area contributed by atoms with Crippen molar-refractivity contribution in [2.24, 2.45) is 0 Å². The summed E-state index contributed by atoms with van der Waals surface area (Å²) in [6.07, 6.45) is 0. The van der Waals surface area contributed by atoms with Crippen LogP contribution in [-0.2, 0) is 0 Å². The third kappa shape index (κ3) is 3.31. The standard InChI is InChI=1S/C2Br3F/c3-1(4)2(5)6. The van der Waals surface area contributed by atoms with Gasteiger partial charge in [-0.15, -0.1) is 0 Å². The van der Waals surface area contributed by atoms with Gasteiger partial charge in [0.2, 0.25) is 0 Å². The highest BCUT2D eigenvalue weighted by Crippen LogP contribution is 2.23. The Bertz CT molecular complexity index is 58.9. The Kier molecular flexibility index (Phi) is 3.74. The lowest BCUT2D eigenvalue weighted by Gasteiger charge is -1.75. The molecule has 0 nitrogen and oxygen atoms in total. The van der Waals surface area contributed by atoms with E-state index in [0.29, 0.717) is 3.39 Å². The molecule has 0 fully saturated rings. The first-order valence-corrected chi connectivity index (χ1v) is 3.38. The van der Waals surface area contributed by atoms with E-state index in [1.807, 2.05) is 0 Å². The van der Waals surface area contributed by atoms with Crippen LogP contribution >= 0.6 is 47.8 Å².